The summed E-state index contributed by atoms with van der Waals surface area (Å²) in [6.45, 7) is 7.73. The fourth-order valence-corrected chi connectivity index (χ4v) is 3.17. The van der Waals surface area contributed by atoms with Crippen LogP contribution < -0.4 is 10.6 Å². The van der Waals surface area contributed by atoms with Gasteiger partial charge in [0.2, 0.25) is 0 Å². The average Bonchev–Trinajstić information content (AvgIpc) is 2.40. The summed E-state index contributed by atoms with van der Waals surface area (Å²) in [7, 11) is 0. The van der Waals surface area contributed by atoms with Crippen LogP contribution in [0.1, 0.15) is 46.5 Å². The number of rotatable bonds is 5. The van der Waals surface area contributed by atoms with E-state index in [2.05, 4.69) is 42.5 Å². The summed E-state index contributed by atoms with van der Waals surface area (Å²) in [6, 6.07) is 2.77. The molecule has 2 rings (SSSR count). The molecule has 1 aliphatic carbocycles. The van der Waals surface area contributed by atoms with E-state index in [1.807, 2.05) is 12.4 Å². The number of aromatic nitrogens is 1. The number of nitrogens with zero attached hydrogens (tertiary/aromatic N) is 1. The molecule has 0 bridgehead atoms. The molecule has 19 heavy (non-hydrogen) atoms. The van der Waals surface area contributed by atoms with Gasteiger partial charge in [-0.2, -0.15) is 0 Å². The molecular weight excluding hydrogens is 234 g/mol. The fraction of sp³-hybridized carbons (Fsp3) is 0.688. The highest BCUT2D eigenvalue weighted by Gasteiger charge is 2.27. The quantitative estimate of drug-likeness (QED) is 0.836. The van der Waals surface area contributed by atoms with E-state index in [1.165, 1.54) is 25.7 Å². The zero-order valence-corrected chi connectivity index (χ0v) is 12.4. The van der Waals surface area contributed by atoms with Crippen LogP contribution in [0.4, 0.5) is 11.4 Å². The van der Waals surface area contributed by atoms with Crippen LogP contribution in [0.2, 0.25) is 0 Å². The first-order valence-corrected chi connectivity index (χ1v) is 7.66. The van der Waals surface area contributed by atoms with Gasteiger partial charge in [0.1, 0.15) is 0 Å². The molecule has 0 aromatic carbocycles. The summed E-state index contributed by atoms with van der Waals surface area (Å²) < 4.78 is 0. The molecular formula is C16H27N3. The van der Waals surface area contributed by atoms with Gasteiger partial charge in [-0.3, -0.25) is 4.98 Å². The molecule has 1 aromatic heterocycles. The molecule has 3 heteroatoms. The molecule has 1 heterocycles. The van der Waals surface area contributed by atoms with Gasteiger partial charge in [-0.15, -0.1) is 0 Å². The van der Waals surface area contributed by atoms with Crippen molar-refractivity contribution in [1.29, 1.82) is 0 Å². The SMILES string of the molecule is CCNc1cncc(NC2CCCCC2C(C)C)c1. The highest BCUT2D eigenvalue weighted by atomic mass is 15.0. The van der Waals surface area contributed by atoms with Crippen molar-refractivity contribution in [3.05, 3.63) is 18.5 Å². The van der Waals surface area contributed by atoms with Crippen LogP contribution in [0.15, 0.2) is 18.5 Å². The summed E-state index contributed by atoms with van der Waals surface area (Å²) >= 11 is 0. The van der Waals surface area contributed by atoms with E-state index in [0.717, 1.165) is 29.8 Å². The molecule has 0 radical (unpaired) electrons. The predicted molar refractivity (Wildman–Crippen MR) is 82.6 cm³/mol. The third-order valence-corrected chi connectivity index (χ3v) is 4.15. The Morgan fingerprint density at radius 3 is 2.68 bits per heavy atom. The molecule has 1 saturated carbocycles. The molecule has 0 saturated heterocycles. The van der Waals surface area contributed by atoms with Crippen LogP contribution in [0, 0.1) is 11.8 Å². The first kappa shape index (κ1) is 14.2. The maximum Gasteiger partial charge on any atom is 0.0549 e. The molecule has 1 fully saturated rings. The molecule has 0 amide bonds. The Morgan fingerprint density at radius 1 is 1.21 bits per heavy atom. The summed E-state index contributed by atoms with van der Waals surface area (Å²) in [4.78, 5) is 4.31. The van der Waals surface area contributed by atoms with Gasteiger partial charge in [0.05, 0.1) is 23.8 Å². The predicted octanol–water partition coefficient (Wildman–Crippen LogP) is 4.14. The van der Waals surface area contributed by atoms with E-state index in [0.29, 0.717) is 6.04 Å². The van der Waals surface area contributed by atoms with Crippen LogP contribution in [-0.4, -0.2) is 17.6 Å². The molecule has 0 aliphatic heterocycles. The van der Waals surface area contributed by atoms with Gasteiger partial charge in [0.25, 0.3) is 0 Å². The van der Waals surface area contributed by atoms with Crippen LogP contribution in [-0.2, 0) is 0 Å². The van der Waals surface area contributed by atoms with E-state index in [9.17, 15) is 0 Å². The molecule has 1 aliphatic rings. The fourth-order valence-electron chi connectivity index (χ4n) is 3.17. The maximum atomic E-state index is 4.31. The van der Waals surface area contributed by atoms with Gasteiger partial charge in [0, 0.05) is 12.6 Å². The van der Waals surface area contributed by atoms with Crippen LogP contribution >= 0.6 is 0 Å². The van der Waals surface area contributed by atoms with Crippen molar-refractivity contribution in [1.82, 2.24) is 4.98 Å². The van der Waals surface area contributed by atoms with E-state index in [1.54, 1.807) is 0 Å². The first-order chi connectivity index (χ1) is 9.20. The van der Waals surface area contributed by atoms with Gasteiger partial charge in [-0.25, -0.2) is 0 Å². The topological polar surface area (TPSA) is 37.0 Å². The van der Waals surface area contributed by atoms with Crippen molar-refractivity contribution in [2.24, 2.45) is 11.8 Å². The molecule has 1 aromatic rings. The van der Waals surface area contributed by atoms with E-state index in [-0.39, 0.29) is 0 Å². The second kappa shape index (κ2) is 6.78. The third kappa shape index (κ3) is 3.85. The highest BCUT2D eigenvalue weighted by molar-refractivity contribution is 5.54. The number of hydrogen-bond acceptors (Lipinski definition) is 3. The Bertz CT molecular complexity index is 389. The van der Waals surface area contributed by atoms with Crippen molar-refractivity contribution < 1.29 is 0 Å². The van der Waals surface area contributed by atoms with Gasteiger partial charge in [-0.1, -0.05) is 26.7 Å². The lowest BCUT2D eigenvalue weighted by molar-refractivity contribution is 0.254. The minimum absolute atomic E-state index is 0.604. The smallest absolute Gasteiger partial charge is 0.0549 e. The van der Waals surface area contributed by atoms with Crippen molar-refractivity contribution in [3.8, 4) is 0 Å². The molecule has 2 N–H and O–H groups in total. The van der Waals surface area contributed by atoms with Gasteiger partial charge >= 0.3 is 0 Å². The second-order valence-corrected chi connectivity index (χ2v) is 5.94. The molecule has 2 unspecified atom stereocenters. The van der Waals surface area contributed by atoms with Crippen molar-refractivity contribution >= 4 is 11.4 Å². The summed E-state index contributed by atoms with van der Waals surface area (Å²) in [5, 5.41) is 7.03. The third-order valence-electron chi connectivity index (χ3n) is 4.15. The van der Waals surface area contributed by atoms with Crippen LogP contribution in [0.3, 0.4) is 0 Å². The van der Waals surface area contributed by atoms with E-state index < -0.39 is 0 Å². The van der Waals surface area contributed by atoms with Gasteiger partial charge in [0.15, 0.2) is 0 Å². The monoisotopic (exact) mass is 261 g/mol. The largest absolute Gasteiger partial charge is 0.384 e. The average molecular weight is 261 g/mol. The lowest BCUT2D eigenvalue weighted by Crippen LogP contribution is -2.35. The van der Waals surface area contributed by atoms with Gasteiger partial charge in [-0.05, 0) is 37.7 Å². The molecule has 2 atom stereocenters. The Morgan fingerprint density at radius 2 is 1.95 bits per heavy atom. The van der Waals surface area contributed by atoms with Crippen LogP contribution in [0.5, 0.6) is 0 Å². The first-order valence-electron chi connectivity index (χ1n) is 7.66. The Kier molecular flexibility index (Phi) is 5.06. The number of nitrogens with one attached hydrogen (secondary N) is 2. The van der Waals surface area contributed by atoms with Crippen molar-refractivity contribution in [2.75, 3.05) is 17.2 Å². The molecule has 0 spiro atoms. The zero-order chi connectivity index (χ0) is 13.7. The minimum atomic E-state index is 0.604. The minimum Gasteiger partial charge on any atom is -0.384 e. The van der Waals surface area contributed by atoms with Crippen LogP contribution in [0.25, 0.3) is 0 Å². The molecule has 3 nitrogen and oxygen atoms in total. The van der Waals surface area contributed by atoms with E-state index >= 15 is 0 Å². The molecule has 106 valence electrons. The summed E-state index contributed by atoms with van der Waals surface area (Å²) in [5.74, 6) is 1.54. The Hall–Kier alpha value is -1.25. The van der Waals surface area contributed by atoms with Crippen molar-refractivity contribution in [2.45, 2.75) is 52.5 Å². The Labute approximate surface area is 117 Å². The number of pyridine rings is 1. The Balaban J connectivity index is 2.04. The normalized spacial score (nSPS) is 23.4. The lowest BCUT2D eigenvalue weighted by atomic mass is 9.78. The summed E-state index contributed by atoms with van der Waals surface area (Å²) in [6.07, 6.45) is 9.20. The van der Waals surface area contributed by atoms with Crippen molar-refractivity contribution in [3.63, 3.8) is 0 Å². The standard InChI is InChI=1S/C16H27N3/c1-4-18-13-9-14(11-17-10-13)19-16-8-6-5-7-15(16)12(2)3/h9-12,15-16,18-19H,4-8H2,1-3H3. The second-order valence-electron chi connectivity index (χ2n) is 5.94. The summed E-state index contributed by atoms with van der Waals surface area (Å²) in [5.41, 5.74) is 2.25. The zero-order valence-electron chi connectivity index (χ0n) is 12.4. The maximum absolute atomic E-state index is 4.31. The number of anilines is 2. The lowest BCUT2D eigenvalue weighted by Gasteiger charge is -2.35. The van der Waals surface area contributed by atoms with E-state index in [4.69, 9.17) is 0 Å². The van der Waals surface area contributed by atoms with Gasteiger partial charge < -0.3 is 10.6 Å². The number of hydrogen-bond donors (Lipinski definition) is 2. The highest BCUT2D eigenvalue weighted by Crippen LogP contribution is 2.32.